The van der Waals surface area contributed by atoms with Crippen molar-refractivity contribution < 1.29 is 4.42 Å². The smallest absolute Gasteiger partial charge is 0.167 e. The molecular formula is C57H34N4OS. The molecule has 0 fully saturated rings. The molecule has 0 aliphatic heterocycles. The Morgan fingerprint density at radius 2 is 1.03 bits per heavy atom. The Labute approximate surface area is 365 Å². The maximum Gasteiger partial charge on any atom is 0.167 e. The van der Waals surface area contributed by atoms with E-state index in [0.717, 1.165) is 61.0 Å². The third kappa shape index (κ3) is 5.80. The van der Waals surface area contributed by atoms with Crippen LogP contribution in [0.15, 0.2) is 211 Å². The average Bonchev–Trinajstić information content (AvgIpc) is 4.03. The fourth-order valence-corrected chi connectivity index (χ4v) is 10.5. The molecule has 0 saturated heterocycles. The molecule has 5 nitrogen and oxygen atoms in total. The van der Waals surface area contributed by atoms with Crippen LogP contribution < -0.4 is 0 Å². The van der Waals surface area contributed by atoms with Crippen molar-refractivity contribution in [1.29, 1.82) is 0 Å². The zero-order valence-corrected chi connectivity index (χ0v) is 34.6. The maximum atomic E-state index is 6.52. The van der Waals surface area contributed by atoms with Crippen LogP contribution in [0.25, 0.3) is 126 Å². The topological polar surface area (TPSA) is 56.7 Å². The van der Waals surface area contributed by atoms with Crippen molar-refractivity contribution in [3.63, 3.8) is 0 Å². The highest BCUT2D eigenvalue weighted by Gasteiger charge is 2.21. The number of furan rings is 1. The number of benzene rings is 9. The Hall–Kier alpha value is -8.19. The zero-order valence-electron chi connectivity index (χ0n) is 33.7. The van der Waals surface area contributed by atoms with Crippen LogP contribution in [-0.4, -0.2) is 19.5 Å². The van der Waals surface area contributed by atoms with E-state index < -0.39 is 0 Å². The minimum absolute atomic E-state index is 0.562. The van der Waals surface area contributed by atoms with Crippen molar-refractivity contribution in [2.75, 3.05) is 0 Å². The van der Waals surface area contributed by atoms with Crippen molar-refractivity contribution in [2.45, 2.75) is 0 Å². The van der Waals surface area contributed by atoms with Gasteiger partial charge in [-0.2, -0.15) is 0 Å². The first-order chi connectivity index (χ1) is 31.2. The van der Waals surface area contributed by atoms with Gasteiger partial charge in [0.25, 0.3) is 0 Å². The summed E-state index contributed by atoms with van der Waals surface area (Å²) < 4.78 is 11.3. The van der Waals surface area contributed by atoms with Gasteiger partial charge in [0.1, 0.15) is 11.2 Å². The van der Waals surface area contributed by atoms with E-state index in [2.05, 4.69) is 168 Å². The summed E-state index contributed by atoms with van der Waals surface area (Å²) in [7, 11) is 0. The van der Waals surface area contributed by atoms with Gasteiger partial charge in [0.15, 0.2) is 17.5 Å². The molecule has 0 amide bonds. The first-order valence-electron chi connectivity index (χ1n) is 21.1. The van der Waals surface area contributed by atoms with Gasteiger partial charge < -0.3 is 8.98 Å². The van der Waals surface area contributed by atoms with Crippen molar-refractivity contribution in [2.24, 2.45) is 0 Å². The molecule has 0 atom stereocenters. The molecule has 0 unspecified atom stereocenters. The molecule has 294 valence electrons. The summed E-state index contributed by atoms with van der Waals surface area (Å²) in [6.45, 7) is 0. The minimum atomic E-state index is 0.562. The molecule has 0 bridgehead atoms. The Bertz CT molecular complexity index is 3910. The molecule has 4 heterocycles. The van der Waals surface area contributed by atoms with Crippen LogP contribution >= 0.6 is 11.3 Å². The van der Waals surface area contributed by atoms with E-state index in [9.17, 15) is 0 Å². The average molecular weight is 823 g/mol. The van der Waals surface area contributed by atoms with E-state index in [1.54, 1.807) is 11.3 Å². The highest BCUT2D eigenvalue weighted by atomic mass is 32.1. The normalized spacial score (nSPS) is 11.8. The highest BCUT2D eigenvalue weighted by molar-refractivity contribution is 7.26. The molecule has 0 N–H and O–H groups in total. The van der Waals surface area contributed by atoms with Crippen LogP contribution in [0.4, 0.5) is 0 Å². The van der Waals surface area contributed by atoms with Crippen LogP contribution in [0.1, 0.15) is 0 Å². The van der Waals surface area contributed by atoms with E-state index in [4.69, 9.17) is 19.4 Å². The molecule has 0 saturated carbocycles. The third-order valence-electron chi connectivity index (χ3n) is 12.2. The molecule has 13 aromatic rings. The molecular weight excluding hydrogens is 789 g/mol. The van der Waals surface area contributed by atoms with Crippen LogP contribution in [0.3, 0.4) is 0 Å². The molecule has 0 aliphatic carbocycles. The quantitative estimate of drug-likeness (QED) is 0.168. The van der Waals surface area contributed by atoms with E-state index in [0.29, 0.717) is 17.5 Å². The number of hydrogen-bond acceptors (Lipinski definition) is 5. The molecule has 0 spiro atoms. The molecule has 4 aromatic heterocycles. The lowest BCUT2D eigenvalue weighted by Crippen LogP contribution is -2.00. The Balaban J connectivity index is 1.06. The van der Waals surface area contributed by atoms with Crippen molar-refractivity contribution in [3.05, 3.63) is 206 Å². The fourth-order valence-electron chi connectivity index (χ4n) is 9.33. The van der Waals surface area contributed by atoms with Gasteiger partial charge in [0.2, 0.25) is 0 Å². The fraction of sp³-hybridized carbons (Fsp3) is 0. The minimum Gasteiger partial charge on any atom is -0.455 e. The van der Waals surface area contributed by atoms with Crippen LogP contribution in [0.5, 0.6) is 0 Å². The van der Waals surface area contributed by atoms with Gasteiger partial charge in [0, 0.05) is 58.5 Å². The third-order valence-corrected chi connectivity index (χ3v) is 13.4. The summed E-state index contributed by atoms with van der Waals surface area (Å²) in [5.74, 6) is 1.76. The SMILES string of the molecule is c1ccc(-c2ccc3c4cc(-c5cc(-c6nc(-c7ccccc7)nc(-c7cccc8c7oc7ccccc78)n6)cc6sc7ccccc7c56)ccc4n(-c4ccccc4)c3c2)cc1. The summed E-state index contributed by atoms with van der Waals surface area (Å²) in [6, 6.07) is 72.9. The Morgan fingerprint density at radius 3 is 1.86 bits per heavy atom. The Morgan fingerprint density at radius 1 is 0.365 bits per heavy atom. The van der Waals surface area contributed by atoms with Crippen LogP contribution in [-0.2, 0) is 0 Å². The van der Waals surface area contributed by atoms with Gasteiger partial charge >= 0.3 is 0 Å². The van der Waals surface area contributed by atoms with Crippen LogP contribution in [0, 0.1) is 0 Å². The van der Waals surface area contributed by atoms with Gasteiger partial charge in [-0.15, -0.1) is 11.3 Å². The van der Waals surface area contributed by atoms with Gasteiger partial charge in [0.05, 0.1) is 16.6 Å². The van der Waals surface area contributed by atoms with E-state index in [1.807, 2.05) is 42.5 Å². The molecule has 9 aromatic carbocycles. The first-order valence-corrected chi connectivity index (χ1v) is 21.9. The summed E-state index contributed by atoms with van der Waals surface area (Å²) in [5, 5.41) is 6.94. The summed E-state index contributed by atoms with van der Waals surface area (Å²) in [6.07, 6.45) is 0. The monoisotopic (exact) mass is 822 g/mol. The largest absolute Gasteiger partial charge is 0.455 e. The number of fused-ring (bicyclic) bond motifs is 9. The molecule has 63 heavy (non-hydrogen) atoms. The van der Waals surface area contributed by atoms with Gasteiger partial charge in [-0.3, -0.25) is 0 Å². The molecule has 6 heteroatoms. The summed E-state index contributed by atoms with van der Waals surface area (Å²) in [4.78, 5) is 15.7. The number of nitrogens with zero attached hydrogens (tertiary/aromatic N) is 4. The van der Waals surface area contributed by atoms with Crippen molar-refractivity contribution in [3.8, 4) is 62.1 Å². The second-order valence-corrected chi connectivity index (χ2v) is 17.0. The summed E-state index contributed by atoms with van der Waals surface area (Å²) in [5.41, 5.74) is 12.3. The zero-order chi connectivity index (χ0) is 41.4. The number of para-hydroxylation sites is 3. The van der Waals surface area contributed by atoms with Crippen molar-refractivity contribution in [1.82, 2.24) is 19.5 Å². The molecule has 0 radical (unpaired) electrons. The lowest BCUT2D eigenvalue weighted by atomic mass is 9.95. The highest BCUT2D eigenvalue weighted by Crippen LogP contribution is 2.45. The van der Waals surface area contributed by atoms with E-state index in [1.165, 1.54) is 47.6 Å². The summed E-state index contributed by atoms with van der Waals surface area (Å²) >= 11 is 1.80. The molecule has 0 aliphatic rings. The predicted octanol–water partition coefficient (Wildman–Crippen LogP) is 15.6. The van der Waals surface area contributed by atoms with Crippen molar-refractivity contribution >= 4 is 75.3 Å². The van der Waals surface area contributed by atoms with E-state index >= 15 is 0 Å². The number of aromatic nitrogens is 4. The van der Waals surface area contributed by atoms with Gasteiger partial charge in [-0.1, -0.05) is 146 Å². The first kappa shape index (κ1) is 35.6. The van der Waals surface area contributed by atoms with Crippen LogP contribution in [0.2, 0.25) is 0 Å². The second-order valence-electron chi connectivity index (χ2n) is 15.9. The standard InChI is InChI=1S/C57H34N4OS/c1-4-15-35(16-5-1)37-27-29-41-47-31-38(28-30-48(47)61(49(41)33-37)40-19-8-3-9-20-40)46-32-39(34-52-53(46)44-22-11-13-26-51(44)63-52)56-58-55(36-17-6-2-7-18-36)59-57(60-56)45-24-14-23-43-42-21-10-12-25-50(42)62-54(43)45/h1-34H. The Kier molecular flexibility index (Phi) is 8.01. The number of thiophene rings is 1. The van der Waals surface area contributed by atoms with E-state index in [-0.39, 0.29) is 0 Å². The molecule has 13 rings (SSSR count). The van der Waals surface area contributed by atoms with Gasteiger partial charge in [-0.05, 0) is 82.9 Å². The maximum absolute atomic E-state index is 6.52. The second kappa shape index (κ2) is 14.2. The van der Waals surface area contributed by atoms with Gasteiger partial charge in [-0.25, -0.2) is 15.0 Å². The lowest BCUT2D eigenvalue weighted by Gasteiger charge is -2.12. The number of rotatable bonds is 6. The number of hydrogen-bond donors (Lipinski definition) is 0. The predicted molar refractivity (Wildman–Crippen MR) is 262 cm³/mol. The lowest BCUT2D eigenvalue weighted by molar-refractivity contribution is 0.669.